The highest BCUT2D eigenvalue weighted by molar-refractivity contribution is 8.03. The largest absolute Gasteiger partial charge is 0.319 e. The summed E-state index contributed by atoms with van der Waals surface area (Å²) in [6.45, 7) is 1.71. The molecule has 22 heavy (non-hydrogen) atoms. The molecular formula is C12H12N4O3S3. The summed E-state index contributed by atoms with van der Waals surface area (Å²) in [5, 5.41) is 21.5. The van der Waals surface area contributed by atoms with Gasteiger partial charge in [0.05, 0.1) is 10.7 Å². The van der Waals surface area contributed by atoms with Crippen molar-refractivity contribution in [1.29, 1.82) is 0 Å². The van der Waals surface area contributed by atoms with Crippen LogP contribution in [0.1, 0.15) is 5.56 Å². The van der Waals surface area contributed by atoms with Crippen LogP contribution >= 0.6 is 34.9 Å². The van der Waals surface area contributed by atoms with Crippen molar-refractivity contribution < 1.29 is 9.72 Å². The number of thioether (sulfide) groups is 2. The number of anilines is 1. The maximum atomic E-state index is 12.0. The lowest BCUT2D eigenvalue weighted by Crippen LogP contribution is -2.16. The number of carbonyl (C=O) groups is 1. The van der Waals surface area contributed by atoms with Crippen molar-refractivity contribution in [2.75, 3.05) is 17.3 Å². The van der Waals surface area contributed by atoms with Gasteiger partial charge in [0.25, 0.3) is 5.69 Å². The van der Waals surface area contributed by atoms with Gasteiger partial charge in [-0.3, -0.25) is 14.9 Å². The molecule has 0 aliphatic rings. The lowest BCUT2D eigenvalue weighted by atomic mass is 10.1. The van der Waals surface area contributed by atoms with Crippen molar-refractivity contribution in [3.63, 3.8) is 0 Å². The summed E-state index contributed by atoms with van der Waals surface area (Å²) in [5.41, 5.74) is 0.771. The lowest BCUT2D eigenvalue weighted by Gasteiger charge is -2.08. The van der Waals surface area contributed by atoms with Gasteiger partial charge in [0.2, 0.25) is 5.91 Å². The molecule has 0 aliphatic heterocycles. The van der Waals surface area contributed by atoms with Crippen molar-refractivity contribution in [2.24, 2.45) is 0 Å². The summed E-state index contributed by atoms with van der Waals surface area (Å²) >= 11 is 4.15. The second-order valence-electron chi connectivity index (χ2n) is 4.10. The fourth-order valence-electron chi connectivity index (χ4n) is 1.61. The van der Waals surface area contributed by atoms with E-state index in [1.165, 1.54) is 40.9 Å². The molecule has 116 valence electrons. The van der Waals surface area contributed by atoms with Crippen molar-refractivity contribution in [1.82, 2.24) is 10.2 Å². The van der Waals surface area contributed by atoms with Crippen LogP contribution in [0.4, 0.5) is 11.4 Å². The molecule has 0 saturated heterocycles. The number of nitro benzene ring substituents is 1. The van der Waals surface area contributed by atoms with Crippen LogP contribution in [0.2, 0.25) is 0 Å². The highest BCUT2D eigenvalue weighted by atomic mass is 32.2. The van der Waals surface area contributed by atoms with Crippen molar-refractivity contribution >= 4 is 52.1 Å². The van der Waals surface area contributed by atoms with Crippen LogP contribution in [0, 0.1) is 17.0 Å². The smallest absolute Gasteiger partial charge is 0.293 e. The first kappa shape index (κ1) is 16.7. The van der Waals surface area contributed by atoms with Gasteiger partial charge in [-0.05, 0) is 18.7 Å². The monoisotopic (exact) mass is 356 g/mol. The molecule has 0 atom stereocenters. The van der Waals surface area contributed by atoms with Gasteiger partial charge in [0.15, 0.2) is 8.68 Å². The lowest BCUT2D eigenvalue weighted by molar-refractivity contribution is -0.384. The standard InChI is InChI=1S/C12H12N4O3S3/c1-7-4-3-5-8(16(18)19)10(7)13-9(17)6-21-12-15-14-11(20-2)22-12/h3-5H,6H2,1-2H3,(H,13,17). The Balaban J connectivity index is 2.02. The Morgan fingerprint density at radius 1 is 1.41 bits per heavy atom. The Kier molecular flexibility index (Phi) is 5.75. The molecule has 0 fully saturated rings. The van der Waals surface area contributed by atoms with Gasteiger partial charge in [0, 0.05) is 6.07 Å². The van der Waals surface area contributed by atoms with Crippen molar-refractivity contribution in [2.45, 2.75) is 15.6 Å². The third-order valence-electron chi connectivity index (χ3n) is 2.60. The predicted molar refractivity (Wildman–Crippen MR) is 88.9 cm³/mol. The molecule has 2 rings (SSSR count). The number of nitrogens with one attached hydrogen (secondary N) is 1. The van der Waals surface area contributed by atoms with E-state index in [1.807, 2.05) is 6.26 Å². The van der Waals surface area contributed by atoms with Crippen molar-refractivity contribution in [3.05, 3.63) is 33.9 Å². The van der Waals surface area contributed by atoms with E-state index >= 15 is 0 Å². The summed E-state index contributed by atoms with van der Waals surface area (Å²) < 4.78 is 1.52. The number of nitro groups is 1. The average Bonchev–Trinajstić information content (AvgIpc) is 2.95. The maximum absolute atomic E-state index is 12.0. The molecule has 10 heteroatoms. The van der Waals surface area contributed by atoms with Crippen molar-refractivity contribution in [3.8, 4) is 0 Å². The Morgan fingerprint density at radius 2 is 2.14 bits per heavy atom. The fourth-order valence-corrected chi connectivity index (χ4v) is 3.85. The van der Waals surface area contributed by atoms with Crippen LogP contribution in [0.5, 0.6) is 0 Å². The van der Waals surface area contributed by atoms with Gasteiger partial charge < -0.3 is 5.32 Å². The molecule has 7 nitrogen and oxygen atoms in total. The zero-order valence-electron chi connectivity index (χ0n) is 11.7. The maximum Gasteiger partial charge on any atom is 0.293 e. The van der Waals surface area contributed by atoms with E-state index in [0.717, 1.165) is 4.34 Å². The Bertz CT molecular complexity index is 705. The Morgan fingerprint density at radius 3 is 2.77 bits per heavy atom. The quantitative estimate of drug-likeness (QED) is 0.482. The summed E-state index contributed by atoms with van der Waals surface area (Å²) in [7, 11) is 0. The number of carbonyl (C=O) groups excluding carboxylic acids is 1. The molecule has 0 bridgehead atoms. The number of rotatable bonds is 6. The topological polar surface area (TPSA) is 98.0 Å². The molecule has 0 aliphatic carbocycles. The average molecular weight is 356 g/mol. The number of benzene rings is 1. The van der Waals surface area contributed by atoms with Crippen LogP contribution in [0.15, 0.2) is 26.9 Å². The van der Waals surface area contributed by atoms with E-state index < -0.39 is 4.92 Å². The molecule has 0 unspecified atom stereocenters. The molecule has 1 heterocycles. The molecule has 1 amide bonds. The number of aromatic nitrogens is 2. The molecular weight excluding hydrogens is 344 g/mol. The molecule has 1 aromatic carbocycles. The molecule has 0 spiro atoms. The normalized spacial score (nSPS) is 10.5. The minimum absolute atomic E-state index is 0.112. The van der Waals surface area contributed by atoms with E-state index in [2.05, 4.69) is 15.5 Å². The Labute approximate surface area is 139 Å². The predicted octanol–water partition coefficient (Wildman–Crippen LogP) is 3.21. The van der Waals surface area contributed by atoms with E-state index in [0.29, 0.717) is 9.90 Å². The number of aryl methyl sites for hydroxylation is 1. The Hall–Kier alpha value is -1.65. The third-order valence-corrected chi connectivity index (χ3v) is 5.63. The zero-order chi connectivity index (χ0) is 16.1. The van der Waals surface area contributed by atoms with Crippen LogP contribution < -0.4 is 5.32 Å². The number of para-hydroxylation sites is 1. The molecule has 1 aromatic heterocycles. The highest BCUT2D eigenvalue weighted by Crippen LogP contribution is 2.29. The third kappa shape index (κ3) is 4.18. The first-order valence-electron chi connectivity index (χ1n) is 6.05. The van der Waals surface area contributed by atoms with Gasteiger partial charge in [-0.1, -0.05) is 47.0 Å². The van der Waals surface area contributed by atoms with Crippen LogP contribution in [-0.4, -0.2) is 33.0 Å². The van der Waals surface area contributed by atoms with Gasteiger partial charge in [-0.25, -0.2) is 0 Å². The molecule has 0 saturated carbocycles. The van der Waals surface area contributed by atoms with E-state index in [4.69, 9.17) is 0 Å². The summed E-state index contributed by atoms with van der Waals surface area (Å²) in [5.74, 6) is -0.197. The minimum atomic E-state index is -0.509. The highest BCUT2D eigenvalue weighted by Gasteiger charge is 2.18. The summed E-state index contributed by atoms with van der Waals surface area (Å²) in [6.07, 6.45) is 1.90. The van der Waals surface area contributed by atoms with Gasteiger partial charge in [-0.15, -0.1) is 10.2 Å². The number of amides is 1. The van der Waals surface area contributed by atoms with Crippen LogP contribution in [0.25, 0.3) is 0 Å². The van der Waals surface area contributed by atoms with Gasteiger partial charge >= 0.3 is 0 Å². The van der Waals surface area contributed by atoms with Gasteiger partial charge in [-0.2, -0.15) is 0 Å². The van der Waals surface area contributed by atoms with Gasteiger partial charge in [0.1, 0.15) is 5.69 Å². The second-order valence-corrected chi connectivity index (χ2v) is 7.35. The van der Waals surface area contributed by atoms with E-state index in [9.17, 15) is 14.9 Å². The molecule has 1 N–H and O–H groups in total. The first-order chi connectivity index (χ1) is 10.5. The summed E-state index contributed by atoms with van der Waals surface area (Å²) in [6, 6.07) is 4.67. The summed E-state index contributed by atoms with van der Waals surface area (Å²) in [4.78, 5) is 22.5. The number of nitrogens with zero attached hydrogens (tertiary/aromatic N) is 3. The van der Waals surface area contributed by atoms with E-state index in [-0.39, 0.29) is 23.0 Å². The molecule has 0 radical (unpaired) electrons. The van der Waals surface area contributed by atoms with Crippen LogP contribution in [-0.2, 0) is 4.79 Å². The zero-order valence-corrected chi connectivity index (χ0v) is 14.2. The molecule has 2 aromatic rings. The van der Waals surface area contributed by atoms with E-state index in [1.54, 1.807) is 19.1 Å². The fraction of sp³-hybridized carbons (Fsp3) is 0.250. The SMILES string of the molecule is CSc1nnc(SCC(=O)Nc2c(C)cccc2[N+](=O)[O-])s1. The first-order valence-corrected chi connectivity index (χ1v) is 9.08. The number of hydrogen-bond acceptors (Lipinski definition) is 8. The number of hydrogen-bond donors (Lipinski definition) is 1. The second kappa shape index (κ2) is 7.56. The van der Waals surface area contributed by atoms with Crippen LogP contribution in [0.3, 0.4) is 0 Å². The minimum Gasteiger partial charge on any atom is -0.319 e.